The SMILES string of the molecule is CCN(c1cccc2ccccc12)C1CCC(c2ccc(OC(C(=O)O)c3ccccc3)cc2)C1. The Hall–Kier alpha value is -3.79. The molecule has 1 saturated carbocycles. The van der Waals surface area contributed by atoms with Crippen LogP contribution in [0.4, 0.5) is 5.69 Å². The molecule has 1 aliphatic carbocycles. The highest BCUT2D eigenvalue weighted by Gasteiger charge is 2.30. The van der Waals surface area contributed by atoms with Crippen LogP contribution in [0.1, 0.15) is 49.3 Å². The zero-order chi connectivity index (χ0) is 24.2. The molecule has 0 heterocycles. The van der Waals surface area contributed by atoms with Gasteiger partial charge in [-0.1, -0.05) is 78.9 Å². The molecular formula is C31H31NO3. The number of carboxylic acids is 1. The van der Waals surface area contributed by atoms with Gasteiger partial charge in [-0.05, 0) is 61.3 Å². The number of benzene rings is 4. The van der Waals surface area contributed by atoms with Crippen LogP contribution in [-0.2, 0) is 4.79 Å². The van der Waals surface area contributed by atoms with E-state index in [1.54, 1.807) is 12.1 Å². The van der Waals surface area contributed by atoms with Gasteiger partial charge in [-0.2, -0.15) is 0 Å². The molecule has 1 aliphatic rings. The first-order chi connectivity index (χ1) is 17.1. The number of anilines is 1. The molecule has 0 aromatic heterocycles. The van der Waals surface area contributed by atoms with Crippen LogP contribution in [0.2, 0.25) is 0 Å². The van der Waals surface area contributed by atoms with Gasteiger partial charge in [0.1, 0.15) is 5.75 Å². The van der Waals surface area contributed by atoms with Crippen molar-refractivity contribution >= 4 is 22.4 Å². The van der Waals surface area contributed by atoms with E-state index in [0.717, 1.165) is 25.8 Å². The first kappa shape index (κ1) is 23.0. The van der Waals surface area contributed by atoms with E-state index in [0.29, 0.717) is 23.3 Å². The van der Waals surface area contributed by atoms with Crippen LogP contribution in [0.5, 0.6) is 5.75 Å². The molecule has 0 spiro atoms. The lowest BCUT2D eigenvalue weighted by molar-refractivity contribution is -0.145. The van der Waals surface area contributed by atoms with E-state index in [-0.39, 0.29) is 0 Å². The van der Waals surface area contributed by atoms with E-state index >= 15 is 0 Å². The fourth-order valence-corrected chi connectivity index (χ4v) is 5.47. The Labute approximate surface area is 206 Å². The number of carboxylic acid groups (broad SMARTS) is 1. The van der Waals surface area contributed by atoms with Crippen molar-refractivity contribution in [1.29, 1.82) is 0 Å². The maximum absolute atomic E-state index is 11.8. The summed E-state index contributed by atoms with van der Waals surface area (Å²) in [5.41, 5.74) is 3.25. The summed E-state index contributed by atoms with van der Waals surface area (Å²) in [7, 11) is 0. The Morgan fingerprint density at radius 3 is 2.37 bits per heavy atom. The van der Waals surface area contributed by atoms with E-state index in [1.165, 1.54) is 22.0 Å². The smallest absolute Gasteiger partial charge is 0.349 e. The molecule has 4 heteroatoms. The average Bonchev–Trinajstić information content (AvgIpc) is 3.38. The Morgan fingerprint density at radius 1 is 0.914 bits per heavy atom. The van der Waals surface area contributed by atoms with Crippen LogP contribution in [0.15, 0.2) is 97.1 Å². The van der Waals surface area contributed by atoms with Crippen LogP contribution < -0.4 is 9.64 Å². The summed E-state index contributed by atoms with van der Waals surface area (Å²) in [6, 6.07) is 32.8. The molecule has 0 aliphatic heterocycles. The third kappa shape index (κ3) is 4.88. The van der Waals surface area contributed by atoms with Gasteiger partial charge < -0.3 is 14.7 Å². The molecule has 0 amide bonds. The van der Waals surface area contributed by atoms with Crippen molar-refractivity contribution in [2.75, 3.05) is 11.4 Å². The van der Waals surface area contributed by atoms with Crippen molar-refractivity contribution in [3.63, 3.8) is 0 Å². The van der Waals surface area contributed by atoms with Crippen molar-refractivity contribution in [3.8, 4) is 5.75 Å². The topological polar surface area (TPSA) is 49.8 Å². The number of nitrogens with zero attached hydrogens (tertiary/aromatic N) is 1. The molecule has 4 aromatic carbocycles. The Morgan fingerprint density at radius 2 is 1.63 bits per heavy atom. The van der Waals surface area contributed by atoms with Gasteiger partial charge in [0.2, 0.25) is 6.10 Å². The summed E-state index contributed by atoms with van der Waals surface area (Å²) >= 11 is 0. The van der Waals surface area contributed by atoms with Gasteiger partial charge in [0.25, 0.3) is 0 Å². The number of hydrogen-bond acceptors (Lipinski definition) is 3. The number of fused-ring (bicyclic) bond motifs is 1. The molecular weight excluding hydrogens is 434 g/mol. The number of rotatable bonds is 8. The number of ether oxygens (including phenoxy) is 1. The van der Waals surface area contributed by atoms with E-state index in [1.807, 2.05) is 30.3 Å². The first-order valence-corrected chi connectivity index (χ1v) is 12.4. The maximum atomic E-state index is 11.8. The van der Waals surface area contributed by atoms with E-state index in [4.69, 9.17) is 4.74 Å². The molecule has 1 fully saturated rings. The van der Waals surface area contributed by atoms with Gasteiger partial charge in [-0.15, -0.1) is 0 Å². The van der Waals surface area contributed by atoms with E-state index in [9.17, 15) is 9.90 Å². The summed E-state index contributed by atoms with van der Waals surface area (Å²) in [4.78, 5) is 14.3. The number of aliphatic carboxylic acids is 1. The molecule has 1 N–H and O–H groups in total. The lowest BCUT2D eigenvalue weighted by atomic mass is 9.97. The zero-order valence-electron chi connectivity index (χ0n) is 20.0. The van der Waals surface area contributed by atoms with E-state index in [2.05, 4.69) is 66.4 Å². The Bertz CT molecular complexity index is 1280. The van der Waals surface area contributed by atoms with Crippen molar-refractivity contribution in [3.05, 3.63) is 108 Å². The Kier molecular flexibility index (Phi) is 6.71. The summed E-state index contributed by atoms with van der Waals surface area (Å²) < 4.78 is 5.85. The first-order valence-electron chi connectivity index (χ1n) is 12.4. The predicted octanol–water partition coefficient (Wildman–Crippen LogP) is 7.21. The van der Waals surface area contributed by atoms with Gasteiger partial charge in [-0.25, -0.2) is 4.79 Å². The molecule has 4 nitrogen and oxygen atoms in total. The minimum atomic E-state index is -1.02. The largest absolute Gasteiger partial charge is 0.478 e. The van der Waals surface area contributed by atoms with E-state index < -0.39 is 12.1 Å². The fraction of sp³-hybridized carbons (Fsp3) is 0.258. The molecule has 3 atom stereocenters. The number of carbonyl (C=O) groups is 1. The monoisotopic (exact) mass is 465 g/mol. The molecule has 178 valence electrons. The molecule has 0 bridgehead atoms. The van der Waals surface area contributed by atoms with Crippen LogP contribution in [-0.4, -0.2) is 23.7 Å². The van der Waals surface area contributed by atoms with Crippen LogP contribution in [0.3, 0.4) is 0 Å². The summed E-state index contributed by atoms with van der Waals surface area (Å²) in [5, 5.41) is 12.2. The highest BCUT2D eigenvalue weighted by molar-refractivity contribution is 5.94. The molecule has 0 radical (unpaired) electrons. The van der Waals surface area contributed by atoms with Crippen LogP contribution >= 0.6 is 0 Å². The third-order valence-electron chi connectivity index (χ3n) is 7.19. The zero-order valence-corrected chi connectivity index (χ0v) is 20.0. The van der Waals surface area contributed by atoms with Gasteiger partial charge in [0.05, 0.1) is 0 Å². The van der Waals surface area contributed by atoms with Gasteiger partial charge >= 0.3 is 5.97 Å². The summed E-state index contributed by atoms with van der Waals surface area (Å²) in [6.07, 6.45) is 2.40. The second-order valence-electron chi connectivity index (χ2n) is 9.26. The highest BCUT2D eigenvalue weighted by atomic mass is 16.5. The summed E-state index contributed by atoms with van der Waals surface area (Å²) in [6.45, 7) is 3.22. The standard InChI is InChI=1S/C31H31NO3/c1-2-32(29-14-8-12-23-9-6-7-13-28(23)29)26-18-15-25(21-26)22-16-19-27(20-17-22)35-30(31(33)34)24-10-4-3-5-11-24/h3-14,16-17,19-20,25-26,30H,2,15,18,21H2,1H3,(H,33,34). The lowest BCUT2D eigenvalue weighted by Crippen LogP contribution is -2.33. The minimum absolute atomic E-state index is 0.488. The van der Waals surface area contributed by atoms with Gasteiger partial charge in [0.15, 0.2) is 0 Å². The third-order valence-corrected chi connectivity index (χ3v) is 7.19. The molecule has 4 aromatic rings. The van der Waals surface area contributed by atoms with Crippen molar-refractivity contribution < 1.29 is 14.6 Å². The average molecular weight is 466 g/mol. The molecule has 0 saturated heterocycles. The highest BCUT2D eigenvalue weighted by Crippen LogP contribution is 2.40. The van der Waals surface area contributed by atoms with Gasteiger partial charge in [0, 0.05) is 29.2 Å². The molecule has 3 unspecified atom stereocenters. The second kappa shape index (κ2) is 10.2. The van der Waals surface area contributed by atoms with Crippen LogP contribution in [0.25, 0.3) is 10.8 Å². The van der Waals surface area contributed by atoms with Crippen molar-refractivity contribution in [1.82, 2.24) is 0 Å². The maximum Gasteiger partial charge on any atom is 0.349 e. The normalized spacial score (nSPS) is 18.3. The number of hydrogen-bond donors (Lipinski definition) is 1. The quantitative estimate of drug-likeness (QED) is 0.299. The fourth-order valence-electron chi connectivity index (χ4n) is 5.47. The minimum Gasteiger partial charge on any atom is -0.478 e. The summed E-state index contributed by atoms with van der Waals surface area (Å²) in [5.74, 6) is 0.0694. The lowest BCUT2D eigenvalue weighted by Gasteiger charge is -2.31. The Balaban J connectivity index is 1.29. The van der Waals surface area contributed by atoms with Gasteiger partial charge in [-0.3, -0.25) is 0 Å². The van der Waals surface area contributed by atoms with Crippen LogP contribution in [0, 0.1) is 0 Å². The predicted molar refractivity (Wildman–Crippen MR) is 141 cm³/mol. The second-order valence-corrected chi connectivity index (χ2v) is 9.26. The molecule has 35 heavy (non-hydrogen) atoms. The molecule has 5 rings (SSSR count). The van der Waals surface area contributed by atoms with Crippen molar-refractivity contribution in [2.24, 2.45) is 0 Å². The van der Waals surface area contributed by atoms with Crippen molar-refractivity contribution in [2.45, 2.75) is 44.2 Å².